The fourth-order valence-corrected chi connectivity index (χ4v) is 2.26. The highest BCUT2D eigenvalue weighted by Crippen LogP contribution is 2.33. The van der Waals surface area contributed by atoms with E-state index in [-0.39, 0.29) is 5.91 Å². The molecule has 0 fully saturated rings. The van der Waals surface area contributed by atoms with E-state index in [2.05, 4.69) is 10.6 Å². The van der Waals surface area contributed by atoms with Gasteiger partial charge in [0, 0.05) is 23.1 Å². The largest absolute Gasteiger partial charge is 0.361 e. The first kappa shape index (κ1) is 11.5. The molecule has 3 heteroatoms. The van der Waals surface area contributed by atoms with E-state index in [1.807, 2.05) is 55.5 Å². The van der Waals surface area contributed by atoms with E-state index in [0.29, 0.717) is 5.57 Å². The first-order chi connectivity index (χ1) is 9.25. The number of anilines is 2. The van der Waals surface area contributed by atoms with Gasteiger partial charge in [0.05, 0.1) is 5.57 Å². The number of fused-ring (bicyclic) bond motifs is 1. The summed E-state index contributed by atoms with van der Waals surface area (Å²) >= 11 is 0. The Kier molecular flexibility index (Phi) is 2.80. The molecule has 0 atom stereocenters. The van der Waals surface area contributed by atoms with Gasteiger partial charge in [0.25, 0.3) is 5.91 Å². The molecule has 2 aromatic rings. The minimum Gasteiger partial charge on any atom is -0.361 e. The molecule has 0 saturated carbocycles. The van der Waals surface area contributed by atoms with E-state index in [1.165, 1.54) is 0 Å². The summed E-state index contributed by atoms with van der Waals surface area (Å²) in [6.45, 7) is 2.01. The molecule has 3 nitrogen and oxygen atoms in total. The van der Waals surface area contributed by atoms with Crippen LogP contribution in [0.25, 0.3) is 5.57 Å². The molecular weight excluding hydrogens is 236 g/mol. The van der Waals surface area contributed by atoms with E-state index in [9.17, 15) is 4.79 Å². The Labute approximate surface area is 112 Å². The summed E-state index contributed by atoms with van der Waals surface area (Å²) in [5.41, 5.74) is 4.60. The molecule has 0 bridgehead atoms. The second-order valence-electron chi connectivity index (χ2n) is 4.52. The summed E-state index contributed by atoms with van der Waals surface area (Å²) in [6.07, 6.45) is 1.77. The maximum atomic E-state index is 12.0. The first-order valence-electron chi connectivity index (χ1n) is 6.19. The molecular formula is C16H14N2O. The Balaban J connectivity index is 1.96. The van der Waals surface area contributed by atoms with Crippen molar-refractivity contribution in [3.63, 3.8) is 0 Å². The van der Waals surface area contributed by atoms with Crippen molar-refractivity contribution in [2.45, 2.75) is 6.92 Å². The van der Waals surface area contributed by atoms with E-state index in [1.54, 1.807) is 6.20 Å². The highest BCUT2D eigenvalue weighted by Gasteiger charge is 2.25. The van der Waals surface area contributed by atoms with Crippen molar-refractivity contribution >= 4 is 22.9 Å². The maximum absolute atomic E-state index is 12.0. The fraction of sp³-hybridized carbons (Fsp3) is 0.0625. The molecule has 0 unspecified atom stereocenters. The van der Waals surface area contributed by atoms with Crippen LogP contribution >= 0.6 is 0 Å². The van der Waals surface area contributed by atoms with Crippen LogP contribution in [0.4, 0.5) is 11.4 Å². The fourth-order valence-electron chi connectivity index (χ4n) is 2.26. The summed E-state index contributed by atoms with van der Waals surface area (Å²) in [7, 11) is 0. The molecule has 3 rings (SSSR count). The molecule has 0 aliphatic carbocycles. The van der Waals surface area contributed by atoms with Gasteiger partial charge in [-0.3, -0.25) is 4.79 Å². The van der Waals surface area contributed by atoms with Crippen LogP contribution < -0.4 is 10.6 Å². The van der Waals surface area contributed by atoms with Gasteiger partial charge in [-0.2, -0.15) is 0 Å². The lowest BCUT2D eigenvalue weighted by Crippen LogP contribution is -2.05. The third-order valence-corrected chi connectivity index (χ3v) is 3.19. The van der Waals surface area contributed by atoms with Gasteiger partial charge in [0.2, 0.25) is 0 Å². The highest BCUT2D eigenvalue weighted by molar-refractivity contribution is 6.32. The lowest BCUT2D eigenvalue weighted by Gasteiger charge is -2.04. The zero-order valence-corrected chi connectivity index (χ0v) is 10.6. The molecule has 19 heavy (non-hydrogen) atoms. The SMILES string of the molecule is Cc1cccc2c1/C(=C\Nc1ccccc1)C(=O)N2. The van der Waals surface area contributed by atoms with E-state index >= 15 is 0 Å². The van der Waals surface area contributed by atoms with Crippen molar-refractivity contribution in [3.8, 4) is 0 Å². The summed E-state index contributed by atoms with van der Waals surface area (Å²) < 4.78 is 0. The van der Waals surface area contributed by atoms with Gasteiger partial charge in [0.15, 0.2) is 0 Å². The zero-order chi connectivity index (χ0) is 13.2. The number of rotatable bonds is 2. The zero-order valence-electron chi connectivity index (χ0n) is 10.6. The molecule has 2 aromatic carbocycles. The van der Waals surface area contributed by atoms with Crippen molar-refractivity contribution in [1.82, 2.24) is 0 Å². The Morgan fingerprint density at radius 1 is 1.05 bits per heavy atom. The first-order valence-corrected chi connectivity index (χ1v) is 6.19. The Morgan fingerprint density at radius 3 is 2.63 bits per heavy atom. The second-order valence-corrected chi connectivity index (χ2v) is 4.52. The monoisotopic (exact) mass is 250 g/mol. The van der Waals surface area contributed by atoms with Crippen LogP contribution in [0.5, 0.6) is 0 Å². The number of para-hydroxylation sites is 1. The van der Waals surface area contributed by atoms with Crippen LogP contribution in [-0.2, 0) is 4.79 Å². The molecule has 94 valence electrons. The van der Waals surface area contributed by atoms with Gasteiger partial charge < -0.3 is 10.6 Å². The van der Waals surface area contributed by atoms with E-state index in [4.69, 9.17) is 0 Å². The summed E-state index contributed by atoms with van der Waals surface area (Å²) in [5, 5.41) is 6.04. The average Bonchev–Trinajstić information content (AvgIpc) is 2.75. The number of carbonyl (C=O) groups excluding carboxylic acids is 1. The van der Waals surface area contributed by atoms with Gasteiger partial charge in [-0.1, -0.05) is 30.3 Å². The predicted octanol–water partition coefficient (Wildman–Crippen LogP) is 3.40. The highest BCUT2D eigenvalue weighted by atomic mass is 16.2. The topological polar surface area (TPSA) is 41.1 Å². The third kappa shape index (κ3) is 2.10. The Hall–Kier alpha value is -2.55. The van der Waals surface area contributed by atoms with E-state index < -0.39 is 0 Å². The third-order valence-electron chi connectivity index (χ3n) is 3.19. The van der Waals surface area contributed by atoms with Crippen LogP contribution in [0.3, 0.4) is 0 Å². The standard InChI is InChI=1S/C16H14N2O/c1-11-6-5-9-14-15(11)13(16(19)18-14)10-17-12-7-3-2-4-8-12/h2-10,17H,1H3,(H,18,19)/b13-10+. The number of aryl methyl sites for hydroxylation is 1. The van der Waals surface area contributed by atoms with Gasteiger partial charge in [0.1, 0.15) is 0 Å². The van der Waals surface area contributed by atoms with Gasteiger partial charge >= 0.3 is 0 Å². The van der Waals surface area contributed by atoms with Crippen molar-refractivity contribution in [1.29, 1.82) is 0 Å². The smallest absolute Gasteiger partial charge is 0.257 e. The van der Waals surface area contributed by atoms with Crippen LogP contribution in [0.15, 0.2) is 54.7 Å². The number of hydrogen-bond donors (Lipinski definition) is 2. The molecule has 1 heterocycles. The minimum atomic E-state index is -0.0623. The van der Waals surface area contributed by atoms with Crippen LogP contribution in [-0.4, -0.2) is 5.91 Å². The lowest BCUT2D eigenvalue weighted by molar-refractivity contribution is -0.110. The van der Waals surface area contributed by atoms with Crippen molar-refractivity contribution in [3.05, 3.63) is 65.9 Å². The molecule has 0 radical (unpaired) electrons. The lowest BCUT2D eigenvalue weighted by atomic mass is 10.0. The average molecular weight is 250 g/mol. The summed E-state index contributed by atoms with van der Waals surface area (Å²) in [4.78, 5) is 12.0. The number of benzene rings is 2. The van der Waals surface area contributed by atoms with Crippen molar-refractivity contribution < 1.29 is 4.79 Å². The minimum absolute atomic E-state index is 0.0623. The quantitative estimate of drug-likeness (QED) is 0.802. The molecule has 1 amide bonds. The van der Waals surface area contributed by atoms with Gasteiger partial charge in [-0.05, 0) is 30.7 Å². The number of nitrogens with one attached hydrogen (secondary N) is 2. The molecule has 0 aromatic heterocycles. The predicted molar refractivity (Wildman–Crippen MR) is 77.9 cm³/mol. The molecule has 1 aliphatic rings. The van der Waals surface area contributed by atoms with E-state index in [0.717, 1.165) is 22.5 Å². The number of amides is 1. The van der Waals surface area contributed by atoms with Crippen LogP contribution in [0.1, 0.15) is 11.1 Å². The number of carbonyl (C=O) groups is 1. The van der Waals surface area contributed by atoms with Gasteiger partial charge in [-0.15, -0.1) is 0 Å². The van der Waals surface area contributed by atoms with Gasteiger partial charge in [-0.25, -0.2) is 0 Å². The van der Waals surface area contributed by atoms with Crippen LogP contribution in [0, 0.1) is 6.92 Å². The maximum Gasteiger partial charge on any atom is 0.257 e. The molecule has 0 spiro atoms. The Morgan fingerprint density at radius 2 is 1.84 bits per heavy atom. The van der Waals surface area contributed by atoms with Crippen LogP contribution in [0.2, 0.25) is 0 Å². The summed E-state index contributed by atoms with van der Waals surface area (Å²) in [6, 6.07) is 15.7. The van der Waals surface area contributed by atoms with Crippen molar-refractivity contribution in [2.24, 2.45) is 0 Å². The Bertz CT molecular complexity index is 660. The second kappa shape index (κ2) is 4.61. The molecule has 2 N–H and O–H groups in total. The molecule has 1 aliphatic heterocycles. The van der Waals surface area contributed by atoms with Crippen molar-refractivity contribution in [2.75, 3.05) is 10.6 Å². The summed E-state index contributed by atoms with van der Waals surface area (Å²) in [5.74, 6) is -0.0623. The molecule has 0 saturated heterocycles. The number of hydrogen-bond acceptors (Lipinski definition) is 2. The normalized spacial score (nSPS) is 15.2.